The van der Waals surface area contributed by atoms with Gasteiger partial charge in [-0.25, -0.2) is 0 Å². The van der Waals surface area contributed by atoms with Gasteiger partial charge in [0.2, 0.25) is 0 Å². The molecule has 0 aromatic carbocycles. The maximum atomic E-state index is 12.9. The zero-order chi connectivity index (χ0) is 19.3. The van der Waals surface area contributed by atoms with Crippen molar-refractivity contribution in [3.05, 3.63) is 0 Å². The second kappa shape index (κ2) is 9.07. The van der Waals surface area contributed by atoms with Gasteiger partial charge in [-0.15, -0.1) is 0 Å². The van der Waals surface area contributed by atoms with Crippen LogP contribution in [0.2, 0.25) is 0 Å². The molecule has 2 unspecified atom stereocenters. The van der Waals surface area contributed by atoms with Crippen LogP contribution < -0.4 is 5.32 Å². The summed E-state index contributed by atoms with van der Waals surface area (Å²) in [5.41, 5.74) is -0.0313. The highest BCUT2D eigenvalue weighted by Gasteiger charge is 2.41. The summed E-state index contributed by atoms with van der Waals surface area (Å²) >= 11 is 0. The molecular formula is C17H33F3N4O. The molecule has 1 rings (SSSR count). The zero-order valence-corrected chi connectivity index (χ0v) is 16.3. The van der Waals surface area contributed by atoms with Gasteiger partial charge in [-0.3, -0.25) is 9.89 Å². The maximum absolute atomic E-state index is 12.9. The number of halogens is 3. The van der Waals surface area contributed by atoms with Gasteiger partial charge in [-0.1, -0.05) is 20.8 Å². The molecule has 25 heavy (non-hydrogen) atoms. The lowest BCUT2D eigenvalue weighted by atomic mass is 9.89. The Morgan fingerprint density at radius 2 is 1.72 bits per heavy atom. The van der Waals surface area contributed by atoms with Crippen molar-refractivity contribution in [2.75, 3.05) is 46.4 Å². The number of hydrogen-bond donors (Lipinski definition) is 1. The van der Waals surface area contributed by atoms with Crippen LogP contribution in [-0.4, -0.2) is 80.5 Å². The molecule has 1 aliphatic rings. The third-order valence-corrected chi connectivity index (χ3v) is 4.63. The molecule has 0 saturated carbocycles. The summed E-state index contributed by atoms with van der Waals surface area (Å²) in [6.07, 6.45) is -4.20. The fourth-order valence-electron chi connectivity index (χ4n) is 2.83. The Balaban J connectivity index is 2.71. The third kappa shape index (κ3) is 6.66. The number of alkyl halides is 3. The van der Waals surface area contributed by atoms with E-state index in [4.69, 9.17) is 4.74 Å². The van der Waals surface area contributed by atoms with Crippen molar-refractivity contribution < 1.29 is 17.9 Å². The van der Waals surface area contributed by atoms with Crippen LogP contribution in [0.3, 0.4) is 0 Å². The average Bonchev–Trinajstić information content (AvgIpc) is 2.51. The first-order valence-electron chi connectivity index (χ1n) is 8.87. The summed E-state index contributed by atoms with van der Waals surface area (Å²) in [7, 11) is 1.68. The van der Waals surface area contributed by atoms with Gasteiger partial charge in [0.25, 0.3) is 0 Å². The Hall–Kier alpha value is -1.02. The number of hydrogen-bond acceptors (Lipinski definition) is 3. The highest BCUT2D eigenvalue weighted by molar-refractivity contribution is 5.80. The fraction of sp³-hybridized carbons (Fsp3) is 0.941. The van der Waals surface area contributed by atoms with E-state index >= 15 is 0 Å². The molecule has 0 bridgehead atoms. The average molecular weight is 366 g/mol. The summed E-state index contributed by atoms with van der Waals surface area (Å²) in [6.45, 7) is 12.5. The molecule has 1 N–H and O–H groups in total. The predicted molar refractivity (Wildman–Crippen MR) is 94.9 cm³/mol. The second-order valence-corrected chi connectivity index (χ2v) is 7.53. The zero-order valence-electron chi connectivity index (χ0n) is 16.3. The lowest BCUT2D eigenvalue weighted by molar-refractivity contribution is -0.181. The van der Waals surface area contributed by atoms with Crippen molar-refractivity contribution in [2.45, 2.75) is 52.9 Å². The maximum Gasteiger partial charge on any atom is 0.403 e. The van der Waals surface area contributed by atoms with Crippen molar-refractivity contribution in [3.8, 4) is 0 Å². The van der Waals surface area contributed by atoms with E-state index in [0.29, 0.717) is 39.3 Å². The standard InChI is InChI=1S/C17H33F3N4O/c1-7-21-15(22-12-14(25-6)16(3,4)5)24-10-8-23(9-11-24)13(2)17(18,19)20/h13-14H,7-12H2,1-6H3,(H,21,22). The molecule has 0 spiro atoms. The molecule has 0 radical (unpaired) electrons. The Kier molecular flexibility index (Phi) is 7.99. The van der Waals surface area contributed by atoms with Crippen LogP contribution >= 0.6 is 0 Å². The van der Waals surface area contributed by atoms with Gasteiger partial charge in [0.1, 0.15) is 6.04 Å². The minimum Gasteiger partial charge on any atom is -0.379 e. The van der Waals surface area contributed by atoms with Crippen LogP contribution in [0.15, 0.2) is 4.99 Å². The fourth-order valence-corrected chi connectivity index (χ4v) is 2.83. The van der Waals surface area contributed by atoms with E-state index in [-0.39, 0.29) is 11.5 Å². The van der Waals surface area contributed by atoms with E-state index < -0.39 is 12.2 Å². The van der Waals surface area contributed by atoms with Crippen molar-refractivity contribution >= 4 is 5.96 Å². The first-order valence-corrected chi connectivity index (χ1v) is 8.87. The van der Waals surface area contributed by atoms with Gasteiger partial charge in [-0.2, -0.15) is 13.2 Å². The highest BCUT2D eigenvalue weighted by Crippen LogP contribution is 2.25. The molecule has 0 amide bonds. The molecule has 1 heterocycles. The number of nitrogens with zero attached hydrogens (tertiary/aromatic N) is 3. The first kappa shape index (κ1) is 22.0. The quantitative estimate of drug-likeness (QED) is 0.600. The van der Waals surface area contributed by atoms with Crippen LogP contribution in [0.1, 0.15) is 34.6 Å². The number of piperazine rings is 1. The van der Waals surface area contributed by atoms with E-state index in [1.165, 1.54) is 11.8 Å². The number of guanidine groups is 1. The van der Waals surface area contributed by atoms with E-state index in [0.717, 1.165) is 5.96 Å². The molecule has 0 aliphatic carbocycles. The molecule has 148 valence electrons. The van der Waals surface area contributed by atoms with Crippen molar-refractivity contribution in [3.63, 3.8) is 0 Å². The summed E-state index contributed by atoms with van der Waals surface area (Å²) < 4.78 is 44.1. The Bertz CT molecular complexity index is 427. The van der Waals surface area contributed by atoms with Crippen molar-refractivity contribution in [1.82, 2.24) is 15.1 Å². The van der Waals surface area contributed by atoms with Gasteiger partial charge < -0.3 is 15.0 Å². The van der Waals surface area contributed by atoms with Crippen LogP contribution in [0.5, 0.6) is 0 Å². The van der Waals surface area contributed by atoms with Gasteiger partial charge in [0, 0.05) is 39.8 Å². The predicted octanol–water partition coefficient (Wildman–Crippen LogP) is 2.58. The van der Waals surface area contributed by atoms with Crippen LogP contribution in [0, 0.1) is 5.41 Å². The Morgan fingerprint density at radius 1 is 1.16 bits per heavy atom. The minimum atomic E-state index is -4.18. The normalized spacial score (nSPS) is 20.5. The lowest BCUT2D eigenvalue weighted by Crippen LogP contribution is -2.56. The topological polar surface area (TPSA) is 40.1 Å². The molecule has 1 aliphatic heterocycles. The van der Waals surface area contributed by atoms with Crippen LogP contribution in [0.25, 0.3) is 0 Å². The summed E-state index contributed by atoms with van der Waals surface area (Å²) in [5, 5.41) is 3.24. The highest BCUT2D eigenvalue weighted by atomic mass is 19.4. The molecular weight excluding hydrogens is 333 g/mol. The molecule has 0 aromatic rings. The minimum absolute atomic E-state index is 0.0207. The van der Waals surface area contributed by atoms with E-state index in [1.807, 2.05) is 11.8 Å². The third-order valence-electron chi connectivity index (χ3n) is 4.63. The Morgan fingerprint density at radius 3 is 2.12 bits per heavy atom. The van der Waals surface area contributed by atoms with Gasteiger partial charge in [0.15, 0.2) is 5.96 Å². The van der Waals surface area contributed by atoms with Gasteiger partial charge >= 0.3 is 6.18 Å². The SMILES string of the molecule is CCNC(=NCC(OC)C(C)(C)C)N1CCN(C(C)C(F)(F)F)CC1. The molecule has 1 saturated heterocycles. The second-order valence-electron chi connectivity index (χ2n) is 7.53. The van der Waals surface area contributed by atoms with Crippen molar-refractivity contribution in [1.29, 1.82) is 0 Å². The number of ether oxygens (including phenoxy) is 1. The van der Waals surface area contributed by atoms with Crippen molar-refractivity contribution in [2.24, 2.45) is 10.4 Å². The summed E-state index contributed by atoms with van der Waals surface area (Å²) in [6, 6.07) is -1.41. The monoisotopic (exact) mass is 366 g/mol. The number of aliphatic imine (C=N–C) groups is 1. The molecule has 0 aromatic heterocycles. The molecule has 2 atom stereocenters. The first-order chi connectivity index (χ1) is 11.5. The smallest absolute Gasteiger partial charge is 0.379 e. The largest absolute Gasteiger partial charge is 0.403 e. The van der Waals surface area contributed by atoms with Crippen LogP contribution in [0.4, 0.5) is 13.2 Å². The van der Waals surface area contributed by atoms with Crippen LogP contribution in [-0.2, 0) is 4.74 Å². The number of rotatable bonds is 5. The van der Waals surface area contributed by atoms with E-state index in [9.17, 15) is 13.2 Å². The summed E-state index contributed by atoms with van der Waals surface area (Å²) in [5.74, 6) is 0.744. The number of methoxy groups -OCH3 is 1. The molecule has 1 fully saturated rings. The Labute approximate surface area is 149 Å². The van der Waals surface area contributed by atoms with E-state index in [2.05, 4.69) is 31.1 Å². The summed E-state index contributed by atoms with van der Waals surface area (Å²) in [4.78, 5) is 8.16. The van der Waals surface area contributed by atoms with Gasteiger partial charge in [-0.05, 0) is 19.3 Å². The lowest BCUT2D eigenvalue weighted by Gasteiger charge is -2.40. The molecule has 8 heteroatoms. The molecule has 5 nitrogen and oxygen atoms in total. The van der Waals surface area contributed by atoms with Gasteiger partial charge in [0.05, 0.1) is 12.6 Å². The number of nitrogens with one attached hydrogen (secondary N) is 1. The van der Waals surface area contributed by atoms with E-state index in [1.54, 1.807) is 7.11 Å².